The first-order valence-corrected chi connectivity index (χ1v) is 16.4. The van der Waals surface area contributed by atoms with E-state index in [9.17, 15) is 19.2 Å². The lowest BCUT2D eigenvalue weighted by molar-refractivity contribution is -0.123. The summed E-state index contributed by atoms with van der Waals surface area (Å²) in [5, 5.41) is 9.12. The zero-order valence-electron chi connectivity index (χ0n) is 27.3. The molecule has 50 heavy (non-hydrogen) atoms. The summed E-state index contributed by atoms with van der Waals surface area (Å²) in [6.45, 7) is 0.666. The van der Waals surface area contributed by atoms with Gasteiger partial charge in [-0.2, -0.15) is 0 Å². The molecule has 0 saturated carbocycles. The zero-order valence-corrected chi connectivity index (χ0v) is 27.3. The molecule has 0 fully saturated rings. The van der Waals surface area contributed by atoms with Crippen LogP contribution in [0.15, 0.2) is 133 Å². The molecule has 5 aromatic rings. The molecule has 6 rings (SSSR count). The predicted molar refractivity (Wildman–Crippen MR) is 189 cm³/mol. The standard InChI is InChI=1S/C41H37N3O6/c45-38(36(30-16-8-3-9-17-30)25-43-39(46)37-23-31-18-10-11-19-32(31)24-42-37)44-35-21-33(40(47)49-26-28-12-4-1-5-13-28)20-34(22-35)41(48)50-27-29-14-6-2-7-15-29/h1-22,36-37,42H,23-27H2,(H,43,46)(H,44,45). The van der Waals surface area contributed by atoms with Crippen molar-refractivity contribution in [2.45, 2.75) is 38.1 Å². The Kier molecular flexibility index (Phi) is 11.1. The van der Waals surface area contributed by atoms with E-state index < -0.39 is 29.8 Å². The maximum atomic E-state index is 13.9. The summed E-state index contributed by atoms with van der Waals surface area (Å²) in [5.41, 5.74) is 4.90. The summed E-state index contributed by atoms with van der Waals surface area (Å²) in [5.74, 6) is -2.76. The van der Waals surface area contributed by atoms with Crippen LogP contribution < -0.4 is 16.0 Å². The third-order valence-electron chi connectivity index (χ3n) is 8.49. The second-order valence-electron chi connectivity index (χ2n) is 12.0. The SMILES string of the molecule is O=C(OCc1ccccc1)c1cc(NC(=O)C(CNC(=O)C2Cc3ccccc3CN2)c2ccccc2)cc(C(=O)OCc2ccccc2)c1. The van der Waals surface area contributed by atoms with Crippen LogP contribution in [0.1, 0.15) is 54.5 Å². The summed E-state index contributed by atoms with van der Waals surface area (Å²) >= 11 is 0. The molecule has 0 radical (unpaired) electrons. The van der Waals surface area contributed by atoms with Crippen LogP contribution in [0.3, 0.4) is 0 Å². The van der Waals surface area contributed by atoms with Crippen molar-refractivity contribution in [2.24, 2.45) is 0 Å². The highest BCUT2D eigenvalue weighted by atomic mass is 16.5. The topological polar surface area (TPSA) is 123 Å². The van der Waals surface area contributed by atoms with Gasteiger partial charge in [0.15, 0.2) is 0 Å². The molecule has 9 nitrogen and oxygen atoms in total. The third kappa shape index (κ3) is 8.89. The van der Waals surface area contributed by atoms with Crippen molar-refractivity contribution in [2.75, 3.05) is 11.9 Å². The molecule has 3 N–H and O–H groups in total. The Morgan fingerprint density at radius 2 is 1.18 bits per heavy atom. The van der Waals surface area contributed by atoms with Gasteiger partial charge in [0, 0.05) is 18.8 Å². The van der Waals surface area contributed by atoms with Crippen molar-refractivity contribution in [1.29, 1.82) is 0 Å². The Morgan fingerprint density at radius 1 is 0.660 bits per heavy atom. The van der Waals surface area contributed by atoms with Gasteiger partial charge in [-0.3, -0.25) is 9.59 Å². The Morgan fingerprint density at radius 3 is 1.76 bits per heavy atom. The molecule has 2 atom stereocenters. The molecule has 0 aliphatic carbocycles. The second-order valence-corrected chi connectivity index (χ2v) is 12.0. The number of carbonyl (C=O) groups excluding carboxylic acids is 4. The van der Waals surface area contributed by atoms with Gasteiger partial charge in [-0.1, -0.05) is 115 Å². The zero-order chi connectivity index (χ0) is 34.7. The molecule has 9 heteroatoms. The van der Waals surface area contributed by atoms with Gasteiger partial charge in [-0.15, -0.1) is 0 Å². The van der Waals surface area contributed by atoms with Crippen LogP contribution in [0, 0.1) is 0 Å². The molecule has 2 amide bonds. The van der Waals surface area contributed by atoms with E-state index in [1.54, 1.807) is 0 Å². The highest BCUT2D eigenvalue weighted by Gasteiger charge is 2.27. The molecular weight excluding hydrogens is 630 g/mol. The molecule has 1 heterocycles. The number of ether oxygens (including phenoxy) is 2. The summed E-state index contributed by atoms with van der Waals surface area (Å²) in [6.07, 6.45) is 0.542. The quantitative estimate of drug-likeness (QED) is 0.141. The first kappa shape index (κ1) is 33.8. The number of rotatable bonds is 12. The number of carbonyl (C=O) groups is 4. The van der Waals surface area contributed by atoms with Crippen molar-refractivity contribution in [3.05, 3.63) is 172 Å². The largest absolute Gasteiger partial charge is 0.457 e. The van der Waals surface area contributed by atoms with Crippen LogP contribution in [-0.2, 0) is 45.2 Å². The Bertz CT molecular complexity index is 1880. The van der Waals surface area contributed by atoms with Crippen molar-refractivity contribution in [1.82, 2.24) is 10.6 Å². The molecule has 1 aliphatic rings. The average molecular weight is 668 g/mol. The Hall–Kier alpha value is -6.06. The Balaban J connectivity index is 1.20. The van der Waals surface area contributed by atoms with Crippen molar-refractivity contribution >= 4 is 29.4 Å². The number of anilines is 1. The monoisotopic (exact) mass is 667 g/mol. The van der Waals surface area contributed by atoms with E-state index >= 15 is 0 Å². The molecule has 252 valence electrons. The number of amides is 2. The van der Waals surface area contributed by atoms with E-state index in [0.717, 1.165) is 22.3 Å². The molecular formula is C41H37N3O6. The number of benzene rings is 5. The van der Waals surface area contributed by atoms with E-state index in [2.05, 4.69) is 16.0 Å². The van der Waals surface area contributed by atoms with Crippen LogP contribution in [0.4, 0.5) is 5.69 Å². The van der Waals surface area contributed by atoms with Crippen LogP contribution >= 0.6 is 0 Å². The van der Waals surface area contributed by atoms with E-state index in [-0.39, 0.29) is 42.5 Å². The summed E-state index contributed by atoms with van der Waals surface area (Å²) in [7, 11) is 0. The fourth-order valence-electron chi connectivity index (χ4n) is 5.79. The first-order valence-electron chi connectivity index (χ1n) is 16.4. The molecule has 5 aromatic carbocycles. The van der Waals surface area contributed by atoms with Crippen LogP contribution in [-0.4, -0.2) is 36.3 Å². The van der Waals surface area contributed by atoms with E-state index in [1.165, 1.54) is 18.2 Å². The van der Waals surface area contributed by atoms with E-state index in [4.69, 9.17) is 9.47 Å². The minimum Gasteiger partial charge on any atom is -0.457 e. The molecule has 1 aliphatic heterocycles. The Labute approximate surface area is 290 Å². The summed E-state index contributed by atoms with van der Waals surface area (Å²) < 4.78 is 11.1. The lowest BCUT2D eigenvalue weighted by atomic mass is 9.94. The van der Waals surface area contributed by atoms with Gasteiger partial charge in [0.1, 0.15) is 13.2 Å². The van der Waals surface area contributed by atoms with Crippen molar-refractivity contribution in [3.8, 4) is 0 Å². The highest BCUT2D eigenvalue weighted by Crippen LogP contribution is 2.23. The smallest absolute Gasteiger partial charge is 0.338 e. The van der Waals surface area contributed by atoms with Gasteiger partial charge in [0.05, 0.1) is 23.1 Å². The average Bonchev–Trinajstić information content (AvgIpc) is 3.16. The number of hydrogen-bond acceptors (Lipinski definition) is 7. The molecule has 0 spiro atoms. The van der Waals surface area contributed by atoms with E-state index in [1.807, 2.05) is 115 Å². The molecule has 0 saturated heterocycles. The number of hydrogen-bond donors (Lipinski definition) is 3. The number of esters is 2. The van der Waals surface area contributed by atoms with Gasteiger partial charge >= 0.3 is 11.9 Å². The number of nitrogens with one attached hydrogen (secondary N) is 3. The fraction of sp³-hybridized carbons (Fsp3) is 0.171. The summed E-state index contributed by atoms with van der Waals surface area (Å²) in [4.78, 5) is 53.7. The fourth-order valence-corrected chi connectivity index (χ4v) is 5.79. The molecule has 0 aromatic heterocycles. The second kappa shape index (κ2) is 16.4. The predicted octanol–water partition coefficient (Wildman–Crippen LogP) is 5.95. The van der Waals surface area contributed by atoms with Crippen LogP contribution in [0.25, 0.3) is 0 Å². The van der Waals surface area contributed by atoms with Gasteiger partial charge in [0.25, 0.3) is 0 Å². The van der Waals surface area contributed by atoms with Gasteiger partial charge in [-0.05, 0) is 52.4 Å². The normalized spacial score (nSPS) is 14.0. The minimum absolute atomic E-state index is 0.0271. The van der Waals surface area contributed by atoms with Crippen molar-refractivity contribution < 1.29 is 28.7 Å². The van der Waals surface area contributed by atoms with Gasteiger partial charge < -0.3 is 25.4 Å². The van der Waals surface area contributed by atoms with Crippen molar-refractivity contribution in [3.63, 3.8) is 0 Å². The van der Waals surface area contributed by atoms with Crippen LogP contribution in [0.2, 0.25) is 0 Å². The maximum Gasteiger partial charge on any atom is 0.338 e. The lowest BCUT2D eigenvalue weighted by Crippen LogP contribution is -2.49. The third-order valence-corrected chi connectivity index (χ3v) is 8.49. The molecule has 2 unspecified atom stereocenters. The first-order chi connectivity index (χ1) is 24.4. The number of fused-ring (bicyclic) bond motifs is 1. The lowest BCUT2D eigenvalue weighted by Gasteiger charge is -2.26. The maximum absolute atomic E-state index is 13.9. The van der Waals surface area contributed by atoms with Gasteiger partial charge in [-0.25, -0.2) is 9.59 Å². The highest BCUT2D eigenvalue weighted by molar-refractivity contribution is 6.01. The van der Waals surface area contributed by atoms with Gasteiger partial charge in [0.2, 0.25) is 11.8 Å². The minimum atomic E-state index is -0.779. The summed E-state index contributed by atoms with van der Waals surface area (Å²) in [6, 6.07) is 39.4. The van der Waals surface area contributed by atoms with E-state index in [0.29, 0.717) is 18.5 Å². The van der Waals surface area contributed by atoms with Crippen LogP contribution in [0.5, 0.6) is 0 Å². The molecule has 0 bridgehead atoms.